The van der Waals surface area contributed by atoms with E-state index in [-0.39, 0.29) is 17.6 Å². The Bertz CT molecular complexity index is 199. The molecule has 2 saturated heterocycles. The monoisotopic (exact) mass is 169 g/mol. The minimum atomic E-state index is -0.0758. The first kappa shape index (κ1) is 8.05. The van der Waals surface area contributed by atoms with Gasteiger partial charge < -0.3 is 10.1 Å². The van der Waals surface area contributed by atoms with Crippen molar-refractivity contribution in [1.29, 1.82) is 0 Å². The highest BCUT2D eigenvalue weighted by Crippen LogP contribution is 2.31. The maximum absolute atomic E-state index is 11.0. The van der Waals surface area contributed by atoms with Gasteiger partial charge in [-0.05, 0) is 26.2 Å². The third-order valence-corrected chi connectivity index (χ3v) is 2.94. The Kier molecular flexibility index (Phi) is 1.83. The molecule has 0 spiro atoms. The molecule has 0 aliphatic carbocycles. The summed E-state index contributed by atoms with van der Waals surface area (Å²) in [5, 5.41) is 3.01. The van der Waals surface area contributed by atoms with E-state index in [0.29, 0.717) is 6.42 Å². The van der Waals surface area contributed by atoms with E-state index in [0.717, 1.165) is 25.9 Å². The summed E-state index contributed by atoms with van der Waals surface area (Å²) in [6.45, 7) is 2.95. The predicted octanol–water partition coefficient (Wildman–Crippen LogP) is 0.834. The molecule has 2 fully saturated rings. The van der Waals surface area contributed by atoms with Gasteiger partial charge in [-0.1, -0.05) is 0 Å². The molecule has 2 rings (SSSR count). The summed E-state index contributed by atoms with van der Waals surface area (Å²) in [6, 6.07) is 0. The third kappa shape index (κ3) is 1.22. The second-order valence-electron chi connectivity index (χ2n) is 3.97. The number of carbonyl (C=O) groups excluding carboxylic acids is 1. The lowest BCUT2D eigenvalue weighted by atomic mass is 9.91. The highest BCUT2D eigenvalue weighted by Gasteiger charge is 2.42. The van der Waals surface area contributed by atoms with Gasteiger partial charge in [-0.25, -0.2) is 0 Å². The van der Waals surface area contributed by atoms with Crippen molar-refractivity contribution in [2.75, 3.05) is 6.61 Å². The van der Waals surface area contributed by atoms with Gasteiger partial charge in [-0.3, -0.25) is 4.79 Å². The number of nitrogens with one attached hydrogen (secondary N) is 1. The molecule has 0 radical (unpaired) electrons. The van der Waals surface area contributed by atoms with Crippen molar-refractivity contribution in [1.82, 2.24) is 5.32 Å². The van der Waals surface area contributed by atoms with E-state index < -0.39 is 0 Å². The summed E-state index contributed by atoms with van der Waals surface area (Å²) in [5.74, 6) is 0.174. The van der Waals surface area contributed by atoms with Gasteiger partial charge in [0.25, 0.3) is 0 Å². The van der Waals surface area contributed by atoms with Gasteiger partial charge >= 0.3 is 0 Å². The number of ether oxygens (including phenoxy) is 1. The molecule has 1 N–H and O–H groups in total. The Labute approximate surface area is 72.5 Å². The first-order valence-corrected chi connectivity index (χ1v) is 4.63. The fourth-order valence-corrected chi connectivity index (χ4v) is 2.14. The van der Waals surface area contributed by atoms with E-state index in [1.165, 1.54) is 0 Å². The first-order valence-electron chi connectivity index (χ1n) is 4.63. The summed E-state index contributed by atoms with van der Waals surface area (Å²) in [5.41, 5.74) is -0.0758. The van der Waals surface area contributed by atoms with Crippen molar-refractivity contribution in [3.8, 4) is 0 Å². The summed E-state index contributed by atoms with van der Waals surface area (Å²) >= 11 is 0. The molecule has 0 aromatic heterocycles. The number of hydrogen-bond acceptors (Lipinski definition) is 2. The van der Waals surface area contributed by atoms with Crippen LogP contribution in [0, 0.1) is 0 Å². The van der Waals surface area contributed by atoms with E-state index in [2.05, 4.69) is 12.2 Å². The molecule has 1 amide bonds. The van der Waals surface area contributed by atoms with Crippen molar-refractivity contribution in [3.05, 3.63) is 0 Å². The maximum atomic E-state index is 11.0. The van der Waals surface area contributed by atoms with Crippen LogP contribution in [0.4, 0.5) is 0 Å². The zero-order valence-corrected chi connectivity index (χ0v) is 7.43. The Morgan fingerprint density at radius 1 is 1.67 bits per heavy atom. The van der Waals surface area contributed by atoms with Crippen LogP contribution in [0.15, 0.2) is 0 Å². The molecular formula is C9H15NO2. The van der Waals surface area contributed by atoms with Gasteiger partial charge in [-0.2, -0.15) is 0 Å². The molecule has 0 saturated carbocycles. The topological polar surface area (TPSA) is 38.3 Å². The van der Waals surface area contributed by atoms with Crippen molar-refractivity contribution < 1.29 is 9.53 Å². The molecule has 3 nitrogen and oxygen atoms in total. The van der Waals surface area contributed by atoms with E-state index in [1.54, 1.807) is 0 Å². The summed E-state index contributed by atoms with van der Waals surface area (Å²) in [7, 11) is 0. The molecule has 2 heterocycles. The molecule has 2 atom stereocenters. The molecule has 3 heteroatoms. The SMILES string of the molecule is CC1(C2CCCO2)CCC(=O)N1. The number of hydrogen-bond donors (Lipinski definition) is 1. The van der Waals surface area contributed by atoms with Gasteiger partial charge in [0.2, 0.25) is 5.91 Å². The van der Waals surface area contributed by atoms with Crippen LogP contribution in [0.2, 0.25) is 0 Å². The average Bonchev–Trinajstić information content (AvgIpc) is 2.59. The van der Waals surface area contributed by atoms with Crippen LogP contribution in [0.3, 0.4) is 0 Å². The Hall–Kier alpha value is -0.570. The van der Waals surface area contributed by atoms with Crippen LogP contribution in [0.5, 0.6) is 0 Å². The molecule has 68 valence electrons. The normalized spacial score (nSPS) is 41.8. The van der Waals surface area contributed by atoms with Crippen LogP contribution in [-0.2, 0) is 9.53 Å². The molecular weight excluding hydrogens is 154 g/mol. The zero-order valence-electron chi connectivity index (χ0n) is 7.43. The van der Waals surface area contributed by atoms with Crippen LogP contribution < -0.4 is 5.32 Å². The molecule has 12 heavy (non-hydrogen) atoms. The van der Waals surface area contributed by atoms with E-state index in [1.807, 2.05) is 0 Å². The number of amides is 1. The summed E-state index contributed by atoms with van der Waals surface area (Å²) in [6.07, 6.45) is 4.07. The van der Waals surface area contributed by atoms with Gasteiger partial charge in [0.1, 0.15) is 0 Å². The minimum absolute atomic E-state index is 0.0758. The molecule has 0 aromatic carbocycles. The van der Waals surface area contributed by atoms with Gasteiger partial charge in [0, 0.05) is 13.0 Å². The van der Waals surface area contributed by atoms with Crippen LogP contribution >= 0.6 is 0 Å². The molecule has 2 unspecified atom stereocenters. The van der Waals surface area contributed by atoms with Crippen LogP contribution in [-0.4, -0.2) is 24.2 Å². The van der Waals surface area contributed by atoms with E-state index in [9.17, 15) is 4.79 Å². The highest BCUT2D eigenvalue weighted by molar-refractivity contribution is 5.79. The maximum Gasteiger partial charge on any atom is 0.220 e. The second kappa shape index (κ2) is 2.73. The molecule has 2 aliphatic rings. The fraction of sp³-hybridized carbons (Fsp3) is 0.889. The van der Waals surface area contributed by atoms with Crippen molar-refractivity contribution in [3.63, 3.8) is 0 Å². The van der Waals surface area contributed by atoms with Gasteiger partial charge in [0.05, 0.1) is 11.6 Å². The number of rotatable bonds is 1. The third-order valence-electron chi connectivity index (χ3n) is 2.94. The lowest BCUT2D eigenvalue weighted by molar-refractivity contribution is -0.120. The first-order chi connectivity index (χ1) is 5.71. The van der Waals surface area contributed by atoms with Crippen molar-refractivity contribution in [2.24, 2.45) is 0 Å². The fourth-order valence-electron chi connectivity index (χ4n) is 2.14. The predicted molar refractivity (Wildman–Crippen MR) is 44.8 cm³/mol. The molecule has 2 aliphatic heterocycles. The lowest BCUT2D eigenvalue weighted by Crippen LogP contribution is -2.48. The lowest BCUT2D eigenvalue weighted by Gasteiger charge is -2.30. The van der Waals surface area contributed by atoms with Gasteiger partial charge in [0.15, 0.2) is 0 Å². The van der Waals surface area contributed by atoms with E-state index >= 15 is 0 Å². The standard InChI is InChI=1S/C9H15NO2/c1-9(5-4-8(11)10-9)7-3-2-6-12-7/h7H,2-6H2,1H3,(H,10,11). The average molecular weight is 169 g/mol. The molecule has 0 bridgehead atoms. The summed E-state index contributed by atoms with van der Waals surface area (Å²) < 4.78 is 5.57. The van der Waals surface area contributed by atoms with Crippen molar-refractivity contribution in [2.45, 2.75) is 44.2 Å². The van der Waals surface area contributed by atoms with Crippen LogP contribution in [0.1, 0.15) is 32.6 Å². The highest BCUT2D eigenvalue weighted by atomic mass is 16.5. The Balaban J connectivity index is 2.05. The van der Waals surface area contributed by atoms with Gasteiger partial charge in [-0.15, -0.1) is 0 Å². The summed E-state index contributed by atoms with van der Waals surface area (Å²) in [4.78, 5) is 11.0. The Morgan fingerprint density at radius 3 is 3.00 bits per heavy atom. The minimum Gasteiger partial charge on any atom is -0.376 e. The second-order valence-corrected chi connectivity index (χ2v) is 3.97. The van der Waals surface area contributed by atoms with E-state index in [4.69, 9.17) is 4.74 Å². The van der Waals surface area contributed by atoms with Crippen LogP contribution in [0.25, 0.3) is 0 Å². The molecule has 0 aromatic rings. The Morgan fingerprint density at radius 2 is 2.50 bits per heavy atom. The smallest absolute Gasteiger partial charge is 0.220 e. The zero-order chi connectivity index (χ0) is 8.60. The largest absolute Gasteiger partial charge is 0.376 e. The van der Waals surface area contributed by atoms with Crippen molar-refractivity contribution >= 4 is 5.91 Å². The quantitative estimate of drug-likeness (QED) is 0.631. The number of carbonyl (C=O) groups is 1.